The van der Waals surface area contributed by atoms with Crippen molar-refractivity contribution in [1.29, 1.82) is 0 Å². The van der Waals surface area contributed by atoms with Crippen molar-refractivity contribution in [2.75, 3.05) is 66.2 Å². The van der Waals surface area contributed by atoms with Gasteiger partial charge >= 0.3 is 0 Å². The Labute approximate surface area is 262 Å². The number of ether oxygens (including phenoxy) is 3. The van der Waals surface area contributed by atoms with Crippen LogP contribution in [-0.4, -0.2) is 106 Å². The minimum Gasteiger partial charge on any atom is -0.497 e. The molecule has 0 saturated carbocycles. The summed E-state index contributed by atoms with van der Waals surface area (Å²) in [4.78, 5) is 22.2. The highest BCUT2D eigenvalue weighted by Crippen LogP contribution is 2.37. The average molecular weight is 629 g/mol. The number of nitrogens with zero attached hydrogens (tertiary/aromatic N) is 4. The van der Waals surface area contributed by atoms with Crippen molar-refractivity contribution < 1.29 is 27.4 Å². The zero-order valence-electron chi connectivity index (χ0n) is 26.5. The molecule has 1 aromatic carbocycles. The SMILES string of the molecule is COc1cc(C)c(S(=O)(=O)N2CCCCC2COCC(=O)N2CCC(OCCN3CCCC3)(c3cccnc3)CC2)c(C)c1. The maximum atomic E-state index is 13.8. The molecule has 44 heavy (non-hydrogen) atoms. The summed E-state index contributed by atoms with van der Waals surface area (Å²) >= 11 is 0. The van der Waals surface area contributed by atoms with Gasteiger partial charge in [0.05, 0.1) is 30.8 Å². The number of aromatic nitrogens is 1. The van der Waals surface area contributed by atoms with Gasteiger partial charge < -0.3 is 24.0 Å². The summed E-state index contributed by atoms with van der Waals surface area (Å²) in [5.74, 6) is 0.564. The van der Waals surface area contributed by atoms with Crippen molar-refractivity contribution in [3.8, 4) is 5.75 Å². The lowest BCUT2D eigenvalue weighted by molar-refractivity contribution is -0.145. The van der Waals surface area contributed by atoms with E-state index >= 15 is 0 Å². The topological polar surface area (TPSA) is 102 Å². The highest BCUT2D eigenvalue weighted by Gasteiger charge is 2.39. The van der Waals surface area contributed by atoms with E-state index in [1.165, 1.54) is 12.8 Å². The lowest BCUT2D eigenvalue weighted by Gasteiger charge is -2.42. The smallest absolute Gasteiger partial charge is 0.248 e. The maximum Gasteiger partial charge on any atom is 0.248 e. The van der Waals surface area contributed by atoms with Crippen molar-refractivity contribution in [2.45, 2.75) is 75.3 Å². The normalized spacial score (nSPS) is 21.4. The largest absolute Gasteiger partial charge is 0.497 e. The number of hydrogen-bond acceptors (Lipinski definition) is 8. The number of aryl methyl sites for hydroxylation is 2. The van der Waals surface area contributed by atoms with E-state index in [1.807, 2.05) is 17.2 Å². The molecule has 3 fully saturated rings. The van der Waals surface area contributed by atoms with Gasteiger partial charge in [0, 0.05) is 50.2 Å². The second-order valence-corrected chi connectivity index (χ2v) is 14.2. The van der Waals surface area contributed by atoms with Crippen molar-refractivity contribution in [2.24, 2.45) is 0 Å². The fourth-order valence-corrected chi connectivity index (χ4v) is 9.12. The lowest BCUT2D eigenvalue weighted by Crippen LogP contribution is -2.49. The third-order valence-electron chi connectivity index (χ3n) is 9.44. The van der Waals surface area contributed by atoms with Crippen LogP contribution in [0.1, 0.15) is 61.6 Å². The van der Waals surface area contributed by atoms with Crippen LogP contribution in [0.25, 0.3) is 0 Å². The Morgan fingerprint density at radius 1 is 1.02 bits per heavy atom. The van der Waals surface area contributed by atoms with Crippen LogP contribution in [0.4, 0.5) is 0 Å². The quantitative estimate of drug-likeness (QED) is 0.349. The van der Waals surface area contributed by atoms with Crippen LogP contribution >= 0.6 is 0 Å². The first kappa shape index (κ1) is 32.8. The summed E-state index contributed by atoms with van der Waals surface area (Å²) in [5.41, 5.74) is 1.93. The van der Waals surface area contributed by atoms with E-state index in [-0.39, 0.29) is 25.2 Å². The first-order valence-corrected chi connectivity index (χ1v) is 17.5. The fourth-order valence-electron chi connectivity index (χ4n) is 7.03. The van der Waals surface area contributed by atoms with Crippen molar-refractivity contribution in [3.05, 3.63) is 53.3 Å². The van der Waals surface area contributed by atoms with Gasteiger partial charge in [0.25, 0.3) is 0 Å². The molecule has 0 radical (unpaired) electrons. The van der Waals surface area contributed by atoms with Crippen LogP contribution in [0.5, 0.6) is 5.75 Å². The molecule has 3 saturated heterocycles. The van der Waals surface area contributed by atoms with Crippen LogP contribution in [0.3, 0.4) is 0 Å². The Hall–Kier alpha value is -2.57. The van der Waals surface area contributed by atoms with Crippen LogP contribution in [-0.2, 0) is 29.9 Å². The first-order chi connectivity index (χ1) is 21.2. The van der Waals surface area contributed by atoms with Gasteiger partial charge in [-0.1, -0.05) is 12.5 Å². The Morgan fingerprint density at radius 2 is 1.73 bits per heavy atom. The summed E-state index contributed by atoms with van der Waals surface area (Å²) in [6, 6.07) is 7.22. The molecule has 4 heterocycles. The lowest BCUT2D eigenvalue weighted by atomic mass is 9.85. The van der Waals surface area contributed by atoms with Gasteiger partial charge in [-0.2, -0.15) is 4.31 Å². The van der Waals surface area contributed by atoms with Gasteiger partial charge in [0.1, 0.15) is 12.4 Å². The van der Waals surface area contributed by atoms with Crippen LogP contribution in [0, 0.1) is 13.8 Å². The number of hydrogen-bond donors (Lipinski definition) is 0. The number of rotatable bonds is 12. The minimum absolute atomic E-state index is 0.0688. The monoisotopic (exact) mass is 628 g/mol. The summed E-state index contributed by atoms with van der Waals surface area (Å²) in [7, 11) is -2.16. The molecule has 1 unspecified atom stereocenters. The zero-order chi connectivity index (χ0) is 31.2. The van der Waals surface area contributed by atoms with E-state index in [9.17, 15) is 13.2 Å². The van der Waals surface area contributed by atoms with E-state index in [0.29, 0.717) is 67.3 Å². The Kier molecular flexibility index (Phi) is 10.9. The number of amides is 1. The molecule has 3 aliphatic heterocycles. The molecule has 0 bridgehead atoms. The molecule has 1 atom stereocenters. The number of piperidine rings is 2. The molecule has 0 aliphatic carbocycles. The Balaban J connectivity index is 1.16. The molecular formula is C33H48N4O6S. The van der Waals surface area contributed by atoms with Crippen LogP contribution in [0.15, 0.2) is 41.6 Å². The molecule has 11 heteroatoms. The summed E-state index contributed by atoms with van der Waals surface area (Å²) < 4.78 is 47.1. The number of pyridine rings is 1. The molecule has 1 aromatic heterocycles. The molecule has 242 valence electrons. The van der Waals surface area contributed by atoms with Crippen molar-refractivity contribution >= 4 is 15.9 Å². The van der Waals surface area contributed by atoms with E-state index < -0.39 is 15.6 Å². The Morgan fingerprint density at radius 3 is 2.39 bits per heavy atom. The highest BCUT2D eigenvalue weighted by atomic mass is 32.2. The number of benzene rings is 1. The third kappa shape index (κ3) is 7.45. The van der Waals surface area contributed by atoms with E-state index in [0.717, 1.165) is 38.0 Å². The van der Waals surface area contributed by atoms with Gasteiger partial charge in [-0.15, -0.1) is 0 Å². The van der Waals surface area contributed by atoms with E-state index in [1.54, 1.807) is 43.6 Å². The molecule has 3 aliphatic rings. The van der Waals surface area contributed by atoms with Crippen LogP contribution in [0.2, 0.25) is 0 Å². The van der Waals surface area contributed by atoms with Gasteiger partial charge in [-0.3, -0.25) is 9.78 Å². The molecule has 0 spiro atoms. The third-order valence-corrected chi connectivity index (χ3v) is 11.7. The summed E-state index contributed by atoms with van der Waals surface area (Å²) in [5, 5.41) is 0. The average Bonchev–Trinajstić information content (AvgIpc) is 3.55. The zero-order valence-corrected chi connectivity index (χ0v) is 27.3. The summed E-state index contributed by atoms with van der Waals surface area (Å²) in [6.07, 6.45) is 9.98. The predicted octanol–water partition coefficient (Wildman–Crippen LogP) is 3.90. The minimum atomic E-state index is -3.74. The maximum absolute atomic E-state index is 13.8. The second-order valence-electron chi connectivity index (χ2n) is 12.4. The molecule has 2 aromatic rings. The van der Waals surface area contributed by atoms with E-state index in [4.69, 9.17) is 14.2 Å². The Bertz CT molecular complexity index is 1330. The standard InChI is InChI=1S/C33H48N4O6S/c1-26-21-30(41-3)22-27(2)32(26)44(39,40)37-16-5-4-10-29(37)24-42-25-31(38)36-17-11-33(12-18-36,28-9-8-13-34-23-28)43-20-19-35-14-6-7-15-35/h8-9,13,21-23,29H,4-7,10-12,14-20,24-25H2,1-3H3. The highest BCUT2D eigenvalue weighted by molar-refractivity contribution is 7.89. The second kappa shape index (κ2) is 14.7. The van der Waals surface area contributed by atoms with Gasteiger partial charge in [0.15, 0.2) is 0 Å². The molecule has 10 nitrogen and oxygen atoms in total. The first-order valence-electron chi connectivity index (χ1n) is 16.0. The van der Waals surface area contributed by atoms with E-state index in [2.05, 4.69) is 16.0 Å². The number of likely N-dealkylation sites (tertiary alicyclic amines) is 2. The molecular weight excluding hydrogens is 580 g/mol. The molecule has 5 rings (SSSR count). The number of sulfonamides is 1. The molecule has 1 amide bonds. The van der Waals surface area contributed by atoms with Crippen LogP contribution < -0.4 is 4.74 Å². The number of carbonyl (C=O) groups is 1. The van der Waals surface area contributed by atoms with Crippen molar-refractivity contribution in [1.82, 2.24) is 19.1 Å². The number of methoxy groups -OCH3 is 1. The fraction of sp³-hybridized carbons (Fsp3) is 0.636. The van der Waals surface area contributed by atoms with Crippen molar-refractivity contribution in [3.63, 3.8) is 0 Å². The molecule has 0 N–H and O–H groups in total. The number of carbonyl (C=O) groups excluding carboxylic acids is 1. The predicted molar refractivity (Wildman–Crippen MR) is 168 cm³/mol. The summed E-state index contributed by atoms with van der Waals surface area (Å²) in [6.45, 7) is 9.15. The van der Waals surface area contributed by atoms with Gasteiger partial charge in [-0.25, -0.2) is 8.42 Å². The van der Waals surface area contributed by atoms with Gasteiger partial charge in [-0.05, 0) is 94.8 Å². The van der Waals surface area contributed by atoms with Gasteiger partial charge in [0.2, 0.25) is 15.9 Å².